The number of nitrogens with zero attached hydrogens (tertiary/aromatic N) is 4. The average Bonchev–Trinajstić information content (AvgIpc) is 2.74. The van der Waals surface area contributed by atoms with Crippen molar-refractivity contribution >= 4 is 17.5 Å². The SMILES string of the molecule is COc1ccccc1N1CCN(C(=O)CN(Cc2ccncc2)C(C)=O)CC1. The van der Waals surface area contributed by atoms with Crippen LogP contribution in [0.5, 0.6) is 5.75 Å². The van der Waals surface area contributed by atoms with E-state index in [1.165, 1.54) is 6.92 Å². The second kappa shape index (κ2) is 9.21. The Labute approximate surface area is 165 Å². The molecule has 148 valence electrons. The molecule has 2 heterocycles. The first kappa shape index (κ1) is 19.7. The van der Waals surface area contributed by atoms with Crippen molar-refractivity contribution in [2.75, 3.05) is 44.7 Å². The molecule has 0 bridgehead atoms. The van der Waals surface area contributed by atoms with Crippen molar-refractivity contribution in [2.24, 2.45) is 0 Å². The standard InChI is InChI=1S/C21H26N4O3/c1-17(26)25(15-18-7-9-22-10-8-18)16-21(27)24-13-11-23(12-14-24)19-5-3-4-6-20(19)28-2/h3-10H,11-16H2,1-2H3. The number of pyridine rings is 1. The fourth-order valence-corrected chi connectivity index (χ4v) is 3.34. The Kier molecular flexibility index (Phi) is 6.47. The number of carbonyl (C=O) groups is 2. The molecule has 2 aromatic rings. The molecule has 0 unspecified atom stereocenters. The molecule has 7 nitrogen and oxygen atoms in total. The monoisotopic (exact) mass is 382 g/mol. The largest absolute Gasteiger partial charge is 0.495 e. The molecule has 3 rings (SSSR count). The van der Waals surface area contributed by atoms with E-state index in [1.54, 1.807) is 24.4 Å². The van der Waals surface area contributed by atoms with Gasteiger partial charge >= 0.3 is 0 Å². The van der Waals surface area contributed by atoms with Gasteiger partial charge in [0.05, 0.1) is 12.8 Å². The van der Waals surface area contributed by atoms with Crippen LogP contribution in [-0.4, -0.2) is 66.4 Å². The second-order valence-electron chi connectivity index (χ2n) is 6.77. The van der Waals surface area contributed by atoms with E-state index in [9.17, 15) is 9.59 Å². The molecule has 0 aliphatic carbocycles. The second-order valence-corrected chi connectivity index (χ2v) is 6.77. The smallest absolute Gasteiger partial charge is 0.242 e. The highest BCUT2D eigenvalue weighted by molar-refractivity contribution is 5.84. The summed E-state index contributed by atoms with van der Waals surface area (Å²) in [7, 11) is 1.66. The number of methoxy groups -OCH3 is 1. The quantitative estimate of drug-likeness (QED) is 0.762. The predicted octanol–water partition coefficient (Wildman–Crippen LogP) is 1.79. The molecule has 2 amide bonds. The highest BCUT2D eigenvalue weighted by Gasteiger charge is 2.25. The third-order valence-corrected chi connectivity index (χ3v) is 4.95. The minimum Gasteiger partial charge on any atom is -0.495 e. The van der Waals surface area contributed by atoms with Gasteiger partial charge in [0.25, 0.3) is 0 Å². The lowest BCUT2D eigenvalue weighted by molar-refractivity contribution is -0.140. The molecule has 0 N–H and O–H groups in total. The van der Waals surface area contributed by atoms with Crippen LogP contribution in [0.4, 0.5) is 5.69 Å². The predicted molar refractivity (Wildman–Crippen MR) is 107 cm³/mol. The Morgan fingerprint density at radius 3 is 2.39 bits per heavy atom. The maximum atomic E-state index is 12.7. The number of piperazine rings is 1. The number of benzene rings is 1. The molecule has 0 radical (unpaired) electrons. The molecule has 0 saturated carbocycles. The Balaban J connectivity index is 1.57. The highest BCUT2D eigenvalue weighted by Crippen LogP contribution is 2.28. The van der Waals surface area contributed by atoms with E-state index in [0.717, 1.165) is 30.1 Å². The molecule has 1 saturated heterocycles. The number of ether oxygens (including phenoxy) is 1. The number of aromatic nitrogens is 1. The van der Waals surface area contributed by atoms with Crippen LogP contribution in [0.2, 0.25) is 0 Å². The Hall–Kier alpha value is -3.09. The molecule has 1 aliphatic rings. The van der Waals surface area contributed by atoms with Crippen LogP contribution in [-0.2, 0) is 16.1 Å². The molecular weight excluding hydrogens is 356 g/mol. The summed E-state index contributed by atoms with van der Waals surface area (Å²) in [4.78, 5) is 34.3. The zero-order valence-corrected chi connectivity index (χ0v) is 16.4. The van der Waals surface area contributed by atoms with Gasteiger partial charge in [0.1, 0.15) is 12.3 Å². The van der Waals surface area contributed by atoms with Crippen molar-refractivity contribution < 1.29 is 14.3 Å². The topological polar surface area (TPSA) is 66.0 Å². The van der Waals surface area contributed by atoms with Gasteiger partial charge in [0.15, 0.2) is 0 Å². The molecule has 0 atom stereocenters. The van der Waals surface area contributed by atoms with Crippen LogP contribution in [0.1, 0.15) is 12.5 Å². The lowest BCUT2D eigenvalue weighted by Crippen LogP contribution is -2.51. The van der Waals surface area contributed by atoms with E-state index in [2.05, 4.69) is 9.88 Å². The first-order chi connectivity index (χ1) is 13.6. The van der Waals surface area contributed by atoms with Gasteiger partial charge in [-0.3, -0.25) is 14.6 Å². The summed E-state index contributed by atoms with van der Waals surface area (Å²) in [5, 5.41) is 0. The molecule has 7 heteroatoms. The van der Waals surface area contributed by atoms with E-state index in [4.69, 9.17) is 4.74 Å². The van der Waals surface area contributed by atoms with Crippen molar-refractivity contribution in [2.45, 2.75) is 13.5 Å². The van der Waals surface area contributed by atoms with Crippen molar-refractivity contribution in [1.82, 2.24) is 14.8 Å². The summed E-state index contributed by atoms with van der Waals surface area (Å²) in [5.74, 6) is 0.698. The Morgan fingerprint density at radius 1 is 1.07 bits per heavy atom. The summed E-state index contributed by atoms with van der Waals surface area (Å²) >= 11 is 0. The minimum atomic E-state index is -0.113. The molecule has 1 fully saturated rings. The minimum absolute atomic E-state index is 0.0241. The fraction of sp³-hybridized carbons (Fsp3) is 0.381. The van der Waals surface area contributed by atoms with Crippen LogP contribution in [0.3, 0.4) is 0 Å². The fourth-order valence-electron chi connectivity index (χ4n) is 3.34. The van der Waals surface area contributed by atoms with E-state index >= 15 is 0 Å². The zero-order valence-electron chi connectivity index (χ0n) is 16.4. The van der Waals surface area contributed by atoms with Gasteiger partial charge in [-0.2, -0.15) is 0 Å². The first-order valence-corrected chi connectivity index (χ1v) is 9.38. The van der Waals surface area contributed by atoms with Gasteiger partial charge in [0, 0.05) is 52.0 Å². The van der Waals surface area contributed by atoms with Gasteiger partial charge in [-0.05, 0) is 29.8 Å². The number of hydrogen-bond acceptors (Lipinski definition) is 5. The number of anilines is 1. The number of rotatable bonds is 6. The molecule has 1 aliphatic heterocycles. The van der Waals surface area contributed by atoms with Crippen molar-refractivity contribution in [3.8, 4) is 5.75 Å². The summed E-state index contributed by atoms with van der Waals surface area (Å²) in [6.45, 7) is 4.70. The van der Waals surface area contributed by atoms with Crippen LogP contribution in [0.25, 0.3) is 0 Å². The van der Waals surface area contributed by atoms with Gasteiger partial charge in [-0.1, -0.05) is 12.1 Å². The van der Waals surface area contributed by atoms with Gasteiger partial charge in [-0.25, -0.2) is 0 Å². The number of amides is 2. The maximum absolute atomic E-state index is 12.7. The van der Waals surface area contributed by atoms with E-state index in [-0.39, 0.29) is 18.4 Å². The van der Waals surface area contributed by atoms with Crippen LogP contribution in [0.15, 0.2) is 48.8 Å². The van der Waals surface area contributed by atoms with E-state index < -0.39 is 0 Å². The third kappa shape index (κ3) is 4.79. The lowest BCUT2D eigenvalue weighted by atomic mass is 10.2. The molecule has 1 aromatic heterocycles. The normalized spacial score (nSPS) is 13.9. The van der Waals surface area contributed by atoms with Gasteiger partial charge in [-0.15, -0.1) is 0 Å². The van der Waals surface area contributed by atoms with Crippen molar-refractivity contribution in [1.29, 1.82) is 0 Å². The number of hydrogen-bond donors (Lipinski definition) is 0. The van der Waals surface area contributed by atoms with Gasteiger partial charge in [0.2, 0.25) is 11.8 Å². The van der Waals surface area contributed by atoms with Crippen LogP contribution in [0, 0.1) is 0 Å². The highest BCUT2D eigenvalue weighted by atomic mass is 16.5. The number of carbonyl (C=O) groups excluding carboxylic acids is 2. The molecular formula is C21H26N4O3. The van der Waals surface area contributed by atoms with Crippen LogP contribution >= 0.6 is 0 Å². The van der Waals surface area contributed by atoms with Crippen molar-refractivity contribution in [3.05, 3.63) is 54.4 Å². The summed E-state index contributed by atoms with van der Waals surface area (Å²) in [6.07, 6.45) is 3.37. The number of para-hydroxylation sites is 2. The van der Waals surface area contributed by atoms with Crippen LogP contribution < -0.4 is 9.64 Å². The van der Waals surface area contributed by atoms with Gasteiger partial charge < -0.3 is 19.4 Å². The molecule has 1 aromatic carbocycles. The Morgan fingerprint density at radius 2 is 1.75 bits per heavy atom. The average molecular weight is 382 g/mol. The van der Waals surface area contributed by atoms with Crippen molar-refractivity contribution in [3.63, 3.8) is 0 Å². The first-order valence-electron chi connectivity index (χ1n) is 9.38. The maximum Gasteiger partial charge on any atom is 0.242 e. The van der Waals surface area contributed by atoms with E-state index in [0.29, 0.717) is 19.6 Å². The summed E-state index contributed by atoms with van der Waals surface area (Å²) in [5.41, 5.74) is 2.00. The van der Waals surface area contributed by atoms with E-state index in [1.807, 2.05) is 41.3 Å². The lowest BCUT2D eigenvalue weighted by Gasteiger charge is -2.37. The zero-order chi connectivity index (χ0) is 19.9. The Bertz CT molecular complexity index is 804. The summed E-state index contributed by atoms with van der Waals surface area (Å²) < 4.78 is 5.44. The molecule has 0 spiro atoms. The third-order valence-electron chi connectivity index (χ3n) is 4.95. The molecule has 28 heavy (non-hydrogen) atoms. The summed E-state index contributed by atoms with van der Waals surface area (Å²) in [6, 6.07) is 11.6.